The van der Waals surface area contributed by atoms with Crippen molar-refractivity contribution in [2.75, 3.05) is 12.0 Å². The second-order valence-electron chi connectivity index (χ2n) is 8.17. The summed E-state index contributed by atoms with van der Waals surface area (Å²) in [7, 11) is 0. The number of carbonyl (C=O) groups is 2. The zero-order chi connectivity index (χ0) is 23.9. The maximum absolute atomic E-state index is 12.9. The zero-order valence-electron chi connectivity index (χ0n) is 19.0. The monoisotopic (exact) mass is 481 g/mol. The van der Waals surface area contributed by atoms with Crippen LogP contribution in [0.3, 0.4) is 0 Å². The number of fused-ring (bicyclic) bond motifs is 3. The number of nitrogens with one attached hydrogen (secondary N) is 1. The summed E-state index contributed by atoms with van der Waals surface area (Å²) in [5.41, 5.74) is 2.69. The Kier molecular flexibility index (Phi) is 7.90. The third-order valence-corrected chi connectivity index (χ3v) is 6.46. The van der Waals surface area contributed by atoms with Crippen molar-refractivity contribution >= 4 is 34.8 Å². The van der Waals surface area contributed by atoms with Gasteiger partial charge in [-0.1, -0.05) is 30.3 Å². The first-order valence-electron chi connectivity index (χ1n) is 11.3. The topological polar surface area (TPSA) is 94.8 Å². The second-order valence-corrected chi connectivity index (χ2v) is 9.16. The Bertz CT molecular complexity index is 1220. The van der Waals surface area contributed by atoms with Gasteiger partial charge >= 0.3 is 17.7 Å². The molecule has 1 aromatic heterocycles. The first-order valence-corrected chi connectivity index (χ1v) is 12.7. The molecule has 0 saturated heterocycles. The van der Waals surface area contributed by atoms with Crippen molar-refractivity contribution < 1.29 is 23.5 Å². The van der Waals surface area contributed by atoms with Crippen molar-refractivity contribution in [2.45, 2.75) is 44.8 Å². The Balaban J connectivity index is 1.45. The van der Waals surface area contributed by atoms with Gasteiger partial charge in [-0.15, -0.1) is 0 Å². The van der Waals surface area contributed by atoms with Gasteiger partial charge in [-0.3, -0.25) is 0 Å². The largest absolute Gasteiger partial charge is 0.445 e. The molecule has 0 spiro atoms. The predicted molar refractivity (Wildman–Crippen MR) is 131 cm³/mol. The van der Waals surface area contributed by atoms with Crippen LogP contribution in [0.5, 0.6) is 5.75 Å². The van der Waals surface area contributed by atoms with Crippen LogP contribution in [0.4, 0.5) is 4.79 Å². The lowest BCUT2D eigenvalue weighted by atomic mass is 9.91. The smallest absolute Gasteiger partial charge is 0.408 e. The molecule has 2 aromatic carbocycles. The molecule has 1 atom stereocenters. The van der Waals surface area contributed by atoms with Crippen molar-refractivity contribution in [3.8, 4) is 5.75 Å². The minimum Gasteiger partial charge on any atom is -0.445 e. The fraction of sp³-hybridized carbons (Fsp3) is 0.346. The second kappa shape index (κ2) is 11.2. The average Bonchev–Trinajstić information content (AvgIpc) is 2.86. The fourth-order valence-corrected chi connectivity index (χ4v) is 4.54. The summed E-state index contributed by atoms with van der Waals surface area (Å²) in [6, 6.07) is 13.5. The first kappa shape index (κ1) is 23.9. The standard InChI is InChI=1S/C26H27NO6S/c1-34-14-13-22(27-26(30)31-16-17-7-3-2-4-8-17)25(29)32-18-11-12-20-19-9-5-6-10-21(19)24(28)33-23(20)15-18/h2-4,7-8,11-12,15,22H,5-6,9-10,13-14,16H2,1H3,(H,27,30)/t22-/m0/s1. The molecule has 1 aliphatic rings. The molecule has 0 radical (unpaired) electrons. The first-order chi connectivity index (χ1) is 16.5. The minimum absolute atomic E-state index is 0.102. The van der Waals surface area contributed by atoms with Crippen molar-refractivity contribution in [1.29, 1.82) is 0 Å². The van der Waals surface area contributed by atoms with E-state index in [0.29, 0.717) is 17.8 Å². The quantitative estimate of drug-likeness (QED) is 0.285. The van der Waals surface area contributed by atoms with Crippen LogP contribution in [0.15, 0.2) is 57.7 Å². The van der Waals surface area contributed by atoms with Crippen LogP contribution in [0, 0.1) is 0 Å². The van der Waals surface area contributed by atoms with Crippen LogP contribution >= 0.6 is 11.8 Å². The number of benzene rings is 2. The predicted octanol–water partition coefficient (Wildman–Crippen LogP) is 4.63. The van der Waals surface area contributed by atoms with E-state index in [9.17, 15) is 14.4 Å². The number of alkyl carbamates (subject to hydrolysis) is 1. The summed E-state index contributed by atoms with van der Waals surface area (Å²) in [6.07, 6.45) is 5.19. The summed E-state index contributed by atoms with van der Waals surface area (Å²) in [5.74, 6) is 0.299. The molecule has 1 aliphatic carbocycles. The molecular formula is C26H27NO6S. The van der Waals surface area contributed by atoms with Gasteiger partial charge in [0.2, 0.25) is 0 Å². The maximum atomic E-state index is 12.9. The number of hydrogen-bond donors (Lipinski definition) is 1. The van der Waals surface area contributed by atoms with Crippen molar-refractivity contribution in [3.05, 3.63) is 75.6 Å². The van der Waals surface area contributed by atoms with E-state index in [4.69, 9.17) is 13.9 Å². The van der Waals surface area contributed by atoms with E-state index in [0.717, 1.165) is 47.8 Å². The van der Waals surface area contributed by atoms with Crippen molar-refractivity contribution in [3.63, 3.8) is 0 Å². The molecule has 1 amide bonds. The highest BCUT2D eigenvalue weighted by Crippen LogP contribution is 2.29. The van der Waals surface area contributed by atoms with Gasteiger partial charge in [0, 0.05) is 17.0 Å². The van der Waals surface area contributed by atoms with Crippen LogP contribution in [-0.4, -0.2) is 30.1 Å². The Hall–Kier alpha value is -3.26. The number of aryl methyl sites for hydroxylation is 1. The van der Waals surface area contributed by atoms with Crippen LogP contribution in [0.25, 0.3) is 11.0 Å². The van der Waals surface area contributed by atoms with Crippen LogP contribution < -0.4 is 15.7 Å². The lowest BCUT2D eigenvalue weighted by Gasteiger charge is -2.18. The van der Waals surface area contributed by atoms with Crippen molar-refractivity contribution in [1.82, 2.24) is 5.32 Å². The van der Waals surface area contributed by atoms with Crippen LogP contribution in [0.2, 0.25) is 0 Å². The average molecular weight is 482 g/mol. The van der Waals surface area contributed by atoms with Gasteiger partial charge in [-0.25, -0.2) is 14.4 Å². The lowest BCUT2D eigenvalue weighted by molar-refractivity contribution is -0.136. The molecule has 0 aliphatic heterocycles. The summed E-state index contributed by atoms with van der Waals surface area (Å²) < 4.78 is 16.3. The van der Waals surface area contributed by atoms with Gasteiger partial charge < -0.3 is 19.2 Å². The highest BCUT2D eigenvalue weighted by Gasteiger charge is 2.24. The van der Waals surface area contributed by atoms with Crippen LogP contribution in [0.1, 0.15) is 36.0 Å². The Morgan fingerprint density at radius 1 is 1.09 bits per heavy atom. The molecular weight excluding hydrogens is 454 g/mol. The molecule has 178 valence electrons. The van der Waals surface area contributed by atoms with E-state index in [-0.39, 0.29) is 18.0 Å². The number of hydrogen-bond acceptors (Lipinski definition) is 7. The SMILES string of the molecule is CSCC[C@H](NC(=O)OCc1ccccc1)C(=O)Oc1ccc2c3c(c(=O)oc2c1)CCCC3. The molecule has 0 bridgehead atoms. The molecule has 0 saturated carbocycles. The Morgan fingerprint density at radius 3 is 2.62 bits per heavy atom. The number of thioether (sulfide) groups is 1. The molecule has 1 heterocycles. The van der Waals surface area contributed by atoms with E-state index in [2.05, 4.69) is 5.32 Å². The molecule has 8 heteroatoms. The Morgan fingerprint density at radius 2 is 1.85 bits per heavy atom. The van der Waals surface area contributed by atoms with Gasteiger partial charge in [0.15, 0.2) is 0 Å². The number of ether oxygens (including phenoxy) is 2. The van der Waals surface area contributed by atoms with E-state index in [1.54, 1.807) is 23.9 Å². The maximum Gasteiger partial charge on any atom is 0.408 e. The van der Waals surface area contributed by atoms with E-state index >= 15 is 0 Å². The lowest BCUT2D eigenvalue weighted by Crippen LogP contribution is -2.43. The molecule has 0 fully saturated rings. The van der Waals surface area contributed by atoms with E-state index < -0.39 is 18.1 Å². The highest BCUT2D eigenvalue weighted by molar-refractivity contribution is 7.98. The summed E-state index contributed by atoms with van der Waals surface area (Å²) in [4.78, 5) is 37.6. The number of carbonyl (C=O) groups excluding carboxylic acids is 2. The van der Waals surface area contributed by atoms with E-state index in [1.807, 2.05) is 42.7 Å². The van der Waals surface area contributed by atoms with Gasteiger partial charge in [-0.2, -0.15) is 11.8 Å². The summed E-state index contributed by atoms with van der Waals surface area (Å²) >= 11 is 1.56. The van der Waals surface area contributed by atoms with E-state index in [1.165, 1.54) is 0 Å². The highest BCUT2D eigenvalue weighted by atomic mass is 32.2. The molecule has 7 nitrogen and oxygen atoms in total. The number of esters is 1. The summed E-state index contributed by atoms with van der Waals surface area (Å²) in [6.45, 7) is 0.102. The Labute approximate surface area is 201 Å². The molecule has 1 N–H and O–H groups in total. The summed E-state index contributed by atoms with van der Waals surface area (Å²) in [5, 5.41) is 3.48. The zero-order valence-corrected chi connectivity index (χ0v) is 19.8. The minimum atomic E-state index is -0.873. The number of amides is 1. The van der Waals surface area contributed by atoms with Crippen LogP contribution in [-0.2, 0) is 29.0 Å². The van der Waals surface area contributed by atoms with Crippen molar-refractivity contribution in [2.24, 2.45) is 0 Å². The molecule has 0 unspecified atom stereocenters. The van der Waals surface area contributed by atoms with Gasteiger partial charge in [0.05, 0.1) is 0 Å². The number of rotatable bonds is 8. The molecule has 4 rings (SSSR count). The van der Waals surface area contributed by atoms with Gasteiger partial charge in [-0.05, 0) is 67.4 Å². The van der Waals surface area contributed by atoms with Gasteiger partial charge in [0.25, 0.3) is 0 Å². The molecule has 3 aromatic rings. The normalized spacial score (nSPS) is 13.7. The fourth-order valence-electron chi connectivity index (χ4n) is 4.07. The third kappa shape index (κ3) is 5.80. The molecule has 34 heavy (non-hydrogen) atoms. The third-order valence-electron chi connectivity index (χ3n) is 5.81. The van der Waals surface area contributed by atoms with Gasteiger partial charge in [0.1, 0.15) is 24.0 Å².